The highest BCUT2D eigenvalue weighted by molar-refractivity contribution is 5.95. The summed E-state index contributed by atoms with van der Waals surface area (Å²) in [6.07, 6.45) is -1.13. The molecule has 11 N–H and O–H groups in total. The molecule has 1 aromatic carbocycles. The van der Waals surface area contributed by atoms with Gasteiger partial charge in [0.2, 0.25) is 23.6 Å². The van der Waals surface area contributed by atoms with Gasteiger partial charge in [-0.15, -0.1) is 0 Å². The van der Waals surface area contributed by atoms with Crippen LogP contribution in [0.1, 0.15) is 38.2 Å². The molecular formula is C25H34N6O9. The van der Waals surface area contributed by atoms with Crippen LogP contribution < -0.4 is 27.4 Å². The van der Waals surface area contributed by atoms with E-state index in [1.807, 2.05) is 6.07 Å². The number of primary amides is 1. The second-order valence-electron chi connectivity index (χ2n) is 9.29. The number of fused-ring (bicyclic) bond motifs is 1. The third-order valence-electron chi connectivity index (χ3n) is 6.09. The lowest BCUT2D eigenvalue weighted by molar-refractivity contribution is -0.144. The van der Waals surface area contributed by atoms with E-state index in [0.29, 0.717) is 5.56 Å². The van der Waals surface area contributed by atoms with Crippen LogP contribution in [0.3, 0.4) is 0 Å². The Balaban J connectivity index is 2.26. The number of aliphatic carboxylic acids is 2. The monoisotopic (exact) mass is 562 g/mol. The minimum Gasteiger partial charge on any atom is -0.481 e. The number of carboxylic acid groups (broad SMARTS) is 2. The fraction of sp³-hybridized carbons (Fsp3) is 0.440. The van der Waals surface area contributed by atoms with Crippen molar-refractivity contribution in [2.24, 2.45) is 11.5 Å². The van der Waals surface area contributed by atoms with Crippen LogP contribution in [0, 0.1) is 0 Å². The van der Waals surface area contributed by atoms with Gasteiger partial charge >= 0.3 is 11.9 Å². The van der Waals surface area contributed by atoms with Crippen molar-refractivity contribution in [1.82, 2.24) is 20.9 Å². The molecule has 0 saturated carbocycles. The number of hydrogen-bond donors (Lipinski definition) is 9. The standard InChI is InChI=1S/C25H34N6O9/c1-12(32)21(24(38)29-17(25(39)40)7-9-20(34)35)31-23(37)18(30-22(36)15(26)6-8-19(27)33)10-13-11-28-16-5-3-2-4-14(13)16/h2-5,11-12,15,17-18,21,28,32H,6-10,26H2,1H3,(H2,27,33)(H,29,38)(H,30,36)(H,31,37)(H,34,35)(H,39,40). The predicted octanol–water partition coefficient (Wildman–Crippen LogP) is -1.91. The zero-order chi connectivity index (χ0) is 30.0. The summed E-state index contributed by atoms with van der Waals surface area (Å²) in [6, 6.07) is 1.48. The van der Waals surface area contributed by atoms with Gasteiger partial charge in [0.15, 0.2) is 0 Å². The van der Waals surface area contributed by atoms with Crippen molar-refractivity contribution in [1.29, 1.82) is 0 Å². The van der Waals surface area contributed by atoms with Crippen molar-refractivity contribution < 1.29 is 44.1 Å². The number of carboxylic acids is 2. The third-order valence-corrected chi connectivity index (χ3v) is 6.09. The molecule has 2 rings (SSSR count). The van der Waals surface area contributed by atoms with Gasteiger partial charge in [0.1, 0.15) is 18.1 Å². The van der Waals surface area contributed by atoms with E-state index in [1.165, 1.54) is 6.92 Å². The van der Waals surface area contributed by atoms with Gasteiger partial charge in [-0.2, -0.15) is 0 Å². The smallest absolute Gasteiger partial charge is 0.326 e. The molecule has 15 heteroatoms. The van der Waals surface area contributed by atoms with Crippen molar-refractivity contribution in [2.45, 2.75) is 69.3 Å². The van der Waals surface area contributed by atoms with Crippen LogP contribution in [0.15, 0.2) is 30.5 Å². The first kappa shape index (κ1) is 31.7. The minimum atomic E-state index is -1.65. The van der Waals surface area contributed by atoms with Gasteiger partial charge in [0.05, 0.1) is 12.1 Å². The number of nitrogens with one attached hydrogen (secondary N) is 4. The number of aliphatic hydroxyl groups excluding tert-OH is 1. The number of carbonyl (C=O) groups excluding carboxylic acids is 4. The number of rotatable bonds is 16. The van der Waals surface area contributed by atoms with E-state index >= 15 is 0 Å². The molecule has 0 bridgehead atoms. The second-order valence-corrected chi connectivity index (χ2v) is 9.29. The molecule has 2 aromatic rings. The van der Waals surface area contributed by atoms with Gasteiger partial charge in [-0.25, -0.2) is 4.79 Å². The SMILES string of the molecule is CC(O)C(NC(=O)C(Cc1c[nH]c2ccccc12)NC(=O)C(N)CCC(N)=O)C(=O)NC(CCC(=O)O)C(=O)O. The van der Waals surface area contributed by atoms with Gasteiger partial charge in [0, 0.05) is 36.4 Å². The summed E-state index contributed by atoms with van der Waals surface area (Å²) in [7, 11) is 0. The molecule has 0 aliphatic rings. The van der Waals surface area contributed by atoms with E-state index in [9.17, 15) is 39.0 Å². The Hall–Kier alpha value is -4.50. The molecule has 4 amide bonds. The average Bonchev–Trinajstić information content (AvgIpc) is 3.29. The van der Waals surface area contributed by atoms with Gasteiger partial charge in [-0.1, -0.05) is 18.2 Å². The quantitative estimate of drug-likeness (QED) is 0.109. The molecule has 0 aliphatic carbocycles. The second kappa shape index (κ2) is 14.6. The number of H-pyrrole nitrogens is 1. The lowest BCUT2D eigenvalue weighted by atomic mass is 10.0. The molecule has 40 heavy (non-hydrogen) atoms. The Labute approximate surface area is 228 Å². The molecule has 0 aliphatic heterocycles. The Kier molecular flexibility index (Phi) is 11.6. The van der Waals surface area contributed by atoms with E-state index < -0.39 is 78.7 Å². The lowest BCUT2D eigenvalue weighted by Gasteiger charge is -2.26. The highest BCUT2D eigenvalue weighted by atomic mass is 16.4. The highest BCUT2D eigenvalue weighted by Gasteiger charge is 2.33. The normalized spacial score (nSPS) is 14.8. The summed E-state index contributed by atoms with van der Waals surface area (Å²) in [5.74, 6) is -6.16. The topological polar surface area (TPSA) is 267 Å². The van der Waals surface area contributed by atoms with Gasteiger partial charge < -0.3 is 47.7 Å². The largest absolute Gasteiger partial charge is 0.481 e. The van der Waals surface area contributed by atoms with Gasteiger partial charge in [0.25, 0.3) is 0 Å². The van der Waals surface area contributed by atoms with Crippen LogP contribution in [0.4, 0.5) is 0 Å². The van der Waals surface area contributed by atoms with E-state index in [0.717, 1.165) is 10.9 Å². The first-order chi connectivity index (χ1) is 18.8. The van der Waals surface area contributed by atoms with Crippen molar-refractivity contribution in [3.8, 4) is 0 Å². The van der Waals surface area contributed by atoms with Gasteiger partial charge in [-0.3, -0.25) is 24.0 Å². The van der Waals surface area contributed by atoms with E-state index in [2.05, 4.69) is 20.9 Å². The molecule has 0 spiro atoms. The molecule has 1 heterocycles. The molecule has 0 radical (unpaired) electrons. The Bertz CT molecular complexity index is 1240. The van der Waals surface area contributed by atoms with E-state index in [4.69, 9.17) is 16.6 Å². The Morgan fingerprint density at radius 2 is 1.55 bits per heavy atom. The molecule has 218 valence electrons. The maximum absolute atomic E-state index is 13.3. The van der Waals surface area contributed by atoms with Crippen LogP contribution in [-0.2, 0) is 35.2 Å². The summed E-state index contributed by atoms with van der Waals surface area (Å²) < 4.78 is 0. The molecular weight excluding hydrogens is 528 g/mol. The first-order valence-corrected chi connectivity index (χ1v) is 12.4. The van der Waals surface area contributed by atoms with Crippen molar-refractivity contribution in [2.75, 3.05) is 0 Å². The maximum atomic E-state index is 13.3. The number of aromatic amines is 1. The summed E-state index contributed by atoms with van der Waals surface area (Å²) in [4.78, 5) is 75.4. The minimum absolute atomic E-state index is 0.0609. The van der Waals surface area contributed by atoms with Crippen molar-refractivity contribution in [3.63, 3.8) is 0 Å². The summed E-state index contributed by atoms with van der Waals surface area (Å²) in [6.45, 7) is 1.19. The zero-order valence-corrected chi connectivity index (χ0v) is 21.8. The third kappa shape index (κ3) is 9.36. The Morgan fingerprint density at radius 3 is 2.15 bits per heavy atom. The number of aromatic nitrogens is 1. The van der Waals surface area contributed by atoms with Crippen LogP contribution in [-0.4, -0.2) is 86.1 Å². The van der Waals surface area contributed by atoms with E-state index in [-0.39, 0.29) is 19.3 Å². The average molecular weight is 563 g/mol. The number of nitrogens with two attached hydrogens (primary N) is 2. The fourth-order valence-corrected chi connectivity index (χ4v) is 3.88. The van der Waals surface area contributed by atoms with Crippen molar-refractivity contribution in [3.05, 3.63) is 36.0 Å². The first-order valence-electron chi connectivity index (χ1n) is 12.4. The Morgan fingerprint density at radius 1 is 0.900 bits per heavy atom. The van der Waals surface area contributed by atoms with Crippen LogP contribution in [0.25, 0.3) is 10.9 Å². The lowest BCUT2D eigenvalue weighted by Crippen LogP contribution is -2.60. The molecule has 5 unspecified atom stereocenters. The number of amides is 4. The number of benzene rings is 1. The fourth-order valence-electron chi connectivity index (χ4n) is 3.88. The van der Waals surface area contributed by atoms with Crippen LogP contribution in [0.5, 0.6) is 0 Å². The van der Waals surface area contributed by atoms with Crippen molar-refractivity contribution >= 4 is 46.5 Å². The summed E-state index contributed by atoms with van der Waals surface area (Å²) in [5.41, 5.74) is 12.4. The maximum Gasteiger partial charge on any atom is 0.326 e. The summed E-state index contributed by atoms with van der Waals surface area (Å²) >= 11 is 0. The van der Waals surface area contributed by atoms with Crippen LogP contribution >= 0.6 is 0 Å². The predicted molar refractivity (Wildman–Crippen MR) is 140 cm³/mol. The molecule has 0 saturated heterocycles. The van der Waals surface area contributed by atoms with E-state index in [1.54, 1.807) is 24.4 Å². The number of aliphatic hydroxyl groups is 1. The van der Waals surface area contributed by atoms with Crippen LogP contribution in [0.2, 0.25) is 0 Å². The number of para-hydroxylation sites is 1. The number of hydrogen-bond acceptors (Lipinski definition) is 8. The molecule has 5 atom stereocenters. The molecule has 15 nitrogen and oxygen atoms in total. The molecule has 1 aromatic heterocycles. The summed E-state index contributed by atoms with van der Waals surface area (Å²) in [5, 5.41) is 36.1. The molecule has 0 fully saturated rings. The van der Waals surface area contributed by atoms with Gasteiger partial charge in [-0.05, 0) is 31.4 Å². The highest BCUT2D eigenvalue weighted by Crippen LogP contribution is 2.19. The zero-order valence-electron chi connectivity index (χ0n) is 21.8. The number of carbonyl (C=O) groups is 6.